The van der Waals surface area contributed by atoms with Crippen LogP contribution in [-0.4, -0.2) is 4.98 Å². The second-order valence-corrected chi connectivity index (χ2v) is 4.18. The van der Waals surface area contributed by atoms with Gasteiger partial charge in [0.05, 0.1) is 5.02 Å². The van der Waals surface area contributed by atoms with Gasteiger partial charge in [-0.05, 0) is 30.7 Å². The normalized spacial score (nSPS) is 10.4. The number of pyridine rings is 1. The number of hydrogen-bond acceptors (Lipinski definition) is 3. The van der Waals surface area contributed by atoms with E-state index in [1.807, 2.05) is 13.0 Å². The zero-order valence-electron chi connectivity index (χ0n) is 9.78. The molecular weight excluding hydrogens is 255 g/mol. The largest absolute Gasteiger partial charge is 0.436 e. The van der Waals surface area contributed by atoms with Gasteiger partial charge < -0.3 is 10.5 Å². The van der Waals surface area contributed by atoms with Gasteiger partial charge in [-0.1, -0.05) is 17.7 Å². The Bertz CT molecular complexity index is 575. The molecule has 1 aromatic heterocycles. The maximum atomic E-state index is 13.7. The molecule has 0 amide bonds. The van der Waals surface area contributed by atoms with Gasteiger partial charge in [-0.3, -0.25) is 0 Å². The van der Waals surface area contributed by atoms with Crippen LogP contribution >= 0.6 is 11.6 Å². The van der Waals surface area contributed by atoms with Crippen LogP contribution in [0.15, 0.2) is 30.5 Å². The van der Waals surface area contributed by atoms with E-state index >= 15 is 0 Å². The van der Waals surface area contributed by atoms with Gasteiger partial charge in [0.25, 0.3) is 0 Å². The van der Waals surface area contributed by atoms with Crippen molar-refractivity contribution >= 4 is 11.6 Å². The maximum absolute atomic E-state index is 13.7. The number of nitrogens with zero attached hydrogens (tertiary/aromatic N) is 1. The lowest BCUT2D eigenvalue weighted by molar-refractivity contribution is 0.422. The Hall–Kier alpha value is -1.65. The van der Waals surface area contributed by atoms with Gasteiger partial charge in [0.15, 0.2) is 11.6 Å². The zero-order chi connectivity index (χ0) is 13.1. The lowest BCUT2D eigenvalue weighted by atomic mass is 10.1. The third-order valence-corrected chi connectivity index (χ3v) is 2.87. The highest BCUT2D eigenvalue weighted by atomic mass is 35.5. The van der Waals surface area contributed by atoms with Crippen molar-refractivity contribution in [1.82, 2.24) is 4.98 Å². The Morgan fingerprint density at radius 1 is 1.39 bits per heavy atom. The predicted molar refractivity (Wildman–Crippen MR) is 68.3 cm³/mol. The highest BCUT2D eigenvalue weighted by molar-refractivity contribution is 6.30. The fourth-order valence-corrected chi connectivity index (χ4v) is 1.73. The predicted octanol–water partition coefficient (Wildman–Crippen LogP) is 3.43. The Balaban J connectivity index is 2.40. The number of ether oxygens (including phenoxy) is 1. The molecule has 5 heteroatoms. The lowest BCUT2D eigenvalue weighted by Crippen LogP contribution is -2.04. The van der Waals surface area contributed by atoms with Crippen LogP contribution in [0.4, 0.5) is 4.39 Å². The molecule has 2 aromatic rings. The molecular formula is C13H12ClFN2O. The van der Waals surface area contributed by atoms with Crippen LogP contribution in [-0.2, 0) is 6.54 Å². The molecule has 2 N–H and O–H groups in total. The summed E-state index contributed by atoms with van der Waals surface area (Å²) in [6.45, 7) is 2.17. The summed E-state index contributed by atoms with van der Waals surface area (Å²) in [4.78, 5) is 4.06. The lowest BCUT2D eigenvalue weighted by Gasteiger charge is -2.11. The SMILES string of the molecule is Cc1ccnc(Oc2cccc(Cl)c2F)c1CN. The molecule has 0 fully saturated rings. The van der Waals surface area contributed by atoms with Crippen molar-refractivity contribution < 1.29 is 9.13 Å². The molecule has 0 radical (unpaired) electrons. The third kappa shape index (κ3) is 2.44. The molecule has 94 valence electrons. The van der Waals surface area contributed by atoms with Crippen molar-refractivity contribution in [3.8, 4) is 11.6 Å². The highest BCUT2D eigenvalue weighted by Gasteiger charge is 2.12. The van der Waals surface area contributed by atoms with Crippen LogP contribution in [0.2, 0.25) is 5.02 Å². The second-order valence-electron chi connectivity index (χ2n) is 3.77. The molecule has 1 heterocycles. The van der Waals surface area contributed by atoms with Crippen LogP contribution in [0.3, 0.4) is 0 Å². The smallest absolute Gasteiger partial charge is 0.224 e. The van der Waals surface area contributed by atoms with E-state index in [4.69, 9.17) is 22.1 Å². The summed E-state index contributed by atoms with van der Waals surface area (Å²) in [6, 6.07) is 6.38. The summed E-state index contributed by atoms with van der Waals surface area (Å²) < 4.78 is 19.1. The molecule has 3 nitrogen and oxygen atoms in total. The van der Waals surface area contributed by atoms with Gasteiger partial charge in [-0.2, -0.15) is 0 Å². The van der Waals surface area contributed by atoms with E-state index in [1.165, 1.54) is 12.1 Å². The molecule has 0 atom stereocenters. The van der Waals surface area contributed by atoms with E-state index < -0.39 is 5.82 Å². The molecule has 0 spiro atoms. The van der Waals surface area contributed by atoms with Gasteiger partial charge in [0.1, 0.15) is 0 Å². The van der Waals surface area contributed by atoms with Crippen molar-refractivity contribution in [3.63, 3.8) is 0 Å². The standard InChI is InChI=1S/C13H12ClFN2O/c1-8-5-6-17-13(9(8)7-16)18-11-4-2-3-10(14)12(11)15/h2-6H,7,16H2,1H3. The van der Waals surface area contributed by atoms with Gasteiger partial charge in [-0.15, -0.1) is 0 Å². The number of benzene rings is 1. The van der Waals surface area contributed by atoms with Crippen LogP contribution in [0.5, 0.6) is 11.6 Å². The average molecular weight is 267 g/mol. The zero-order valence-corrected chi connectivity index (χ0v) is 10.5. The van der Waals surface area contributed by atoms with Gasteiger partial charge in [-0.25, -0.2) is 9.37 Å². The Labute approximate surface area is 109 Å². The molecule has 0 aliphatic carbocycles. The van der Waals surface area contributed by atoms with Gasteiger partial charge in [0.2, 0.25) is 5.88 Å². The molecule has 0 aliphatic rings. The fraction of sp³-hybridized carbons (Fsp3) is 0.154. The van der Waals surface area contributed by atoms with Crippen molar-refractivity contribution in [2.24, 2.45) is 5.73 Å². The van der Waals surface area contributed by atoms with Crippen LogP contribution in [0, 0.1) is 12.7 Å². The molecule has 1 aromatic carbocycles. The Morgan fingerprint density at radius 3 is 2.89 bits per heavy atom. The number of hydrogen-bond donors (Lipinski definition) is 1. The van der Waals surface area contributed by atoms with E-state index in [2.05, 4.69) is 4.98 Å². The number of rotatable bonds is 3. The molecule has 18 heavy (non-hydrogen) atoms. The van der Waals surface area contributed by atoms with Crippen molar-refractivity contribution in [3.05, 3.63) is 52.4 Å². The minimum atomic E-state index is -0.606. The monoisotopic (exact) mass is 266 g/mol. The molecule has 2 rings (SSSR count). The van der Waals surface area contributed by atoms with Crippen LogP contribution < -0.4 is 10.5 Å². The fourth-order valence-electron chi connectivity index (χ4n) is 1.57. The summed E-state index contributed by atoms with van der Waals surface area (Å²) in [5.41, 5.74) is 7.33. The Morgan fingerprint density at radius 2 is 2.17 bits per heavy atom. The first kappa shape index (κ1) is 12.8. The number of aryl methyl sites for hydroxylation is 1. The molecule has 0 bridgehead atoms. The summed E-state index contributed by atoms with van der Waals surface area (Å²) in [5, 5.41) is 0.00875. The summed E-state index contributed by atoms with van der Waals surface area (Å²) in [5.74, 6) is -0.264. The summed E-state index contributed by atoms with van der Waals surface area (Å²) in [6.07, 6.45) is 1.59. The van der Waals surface area contributed by atoms with Crippen molar-refractivity contribution in [2.45, 2.75) is 13.5 Å². The van der Waals surface area contributed by atoms with E-state index in [0.29, 0.717) is 5.88 Å². The molecule has 0 aliphatic heterocycles. The molecule has 0 unspecified atom stereocenters. The number of aromatic nitrogens is 1. The van der Waals surface area contributed by atoms with E-state index in [-0.39, 0.29) is 17.3 Å². The third-order valence-electron chi connectivity index (χ3n) is 2.58. The number of halogens is 2. The van der Waals surface area contributed by atoms with Crippen LogP contribution in [0.25, 0.3) is 0 Å². The summed E-state index contributed by atoms with van der Waals surface area (Å²) in [7, 11) is 0. The van der Waals surface area contributed by atoms with Gasteiger partial charge in [0, 0.05) is 18.3 Å². The minimum Gasteiger partial charge on any atom is -0.436 e. The van der Waals surface area contributed by atoms with Crippen molar-refractivity contribution in [2.75, 3.05) is 0 Å². The van der Waals surface area contributed by atoms with E-state index in [9.17, 15) is 4.39 Å². The maximum Gasteiger partial charge on any atom is 0.224 e. The first-order chi connectivity index (χ1) is 8.63. The Kier molecular flexibility index (Phi) is 3.79. The average Bonchev–Trinajstić information content (AvgIpc) is 2.35. The first-order valence-corrected chi connectivity index (χ1v) is 5.77. The molecule has 0 saturated heterocycles. The number of nitrogens with two attached hydrogens (primary N) is 1. The van der Waals surface area contributed by atoms with Crippen molar-refractivity contribution in [1.29, 1.82) is 0 Å². The topological polar surface area (TPSA) is 48.1 Å². The van der Waals surface area contributed by atoms with E-state index in [1.54, 1.807) is 12.3 Å². The van der Waals surface area contributed by atoms with Crippen LogP contribution in [0.1, 0.15) is 11.1 Å². The van der Waals surface area contributed by atoms with E-state index in [0.717, 1.165) is 11.1 Å². The first-order valence-electron chi connectivity index (χ1n) is 5.40. The van der Waals surface area contributed by atoms with Gasteiger partial charge >= 0.3 is 0 Å². The minimum absolute atomic E-state index is 0.00875. The highest BCUT2D eigenvalue weighted by Crippen LogP contribution is 2.30. The molecule has 0 saturated carbocycles. The summed E-state index contributed by atoms with van der Waals surface area (Å²) >= 11 is 5.68. The quantitative estimate of drug-likeness (QED) is 0.926. The second kappa shape index (κ2) is 5.33.